The minimum absolute atomic E-state index is 0.194. The first-order valence-corrected chi connectivity index (χ1v) is 6.78. The monoisotopic (exact) mass is 212 g/mol. The van der Waals surface area contributed by atoms with Crippen molar-refractivity contribution < 1.29 is 4.74 Å². The van der Waals surface area contributed by atoms with E-state index in [-0.39, 0.29) is 4.93 Å². The number of rotatable bonds is 0. The molecule has 3 rings (SSSR count). The molecule has 1 aliphatic heterocycles. The Morgan fingerprint density at radius 1 is 1.29 bits per heavy atom. The van der Waals surface area contributed by atoms with Crippen LogP contribution in [-0.2, 0) is 4.74 Å². The minimum atomic E-state index is 0.194. The molecule has 0 radical (unpaired) electrons. The summed E-state index contributed by atoms with van der Waals surface area (Å²) in [5.41, 5.74) is 0.913. The molecule has 0 aromatic rings. The maximum absolute atomic E-state index is 6.14. The number of fused-ring (bicyclic) bond motifs is 3. The van der Waals surface area contributed by atoms with E-state index in [9.17, 15) is 0 Å². The van der Waals surface area contributed by atoms with Gasteiger partial charge in [-0.2, -0.15) is 0 Å². The molecule has 1 nitrogen and oxygen atoms in total. The lowest BCUT2D eigenvalue weighted by atomic mass is 9.69. The van der Waals surface area contributed by atoms with E-state index in [1.54, 1.807) is 0 Å². The molecule has 1 saturated heterocycles. The Bertz CT molecular complexity index is 267. The summed E-state index contributed by atoms with van der Waals surface area (Å²) in [6.45, 7) is 8.37. The Kier molecular flexibility index (Phi) is 1.71. The largest absolute Gasteiger partial charge is 0.363 e. The van der Waals surface area contributed by atoms with Gasteiger partial charge in [0.25, 0.3) is 0 Å². The van der Waals surface area contributed by atoms with E-state index >= 15 is 0 Å². The van der Waals surface area contributed by atoms with Gasteiger partial charge in [0.05, 0.1) is 6.61 Å². The van der Waals surface area contributed by atoms with Crippen molar-refractivity contribution in [2.45, 2.75) is 45.0 Å². The van der Waals surface area contributed by atoms with Crippen molar-refractivity contribution in [3.63, 3.8) is 0 Å². The quantitative estimate of drug-likeness (QED) is 0.609. The van der Waals surface area contributed by atoms with Gasteiger partial charge in [0.15, 0.2) is 0 Å². The molecule has 3 unspecified atom stereocenters. The molecule has 2 bridgehead atoms. The summed E-state index contributed by atoms with van der Waals surface area (Å²) in [6.07, 6.45) is 4.11. The molecule has 3 aliphatic rings. The highest BCUT2D eigenvalue weighted by molar-refractivity contribution is 8.00. The summed E-state index contributed by atoms with van der Waals surface area (Å²) in [5.74, 6) is 2.11. The van der Waals surface area contributed by atoms with Crippen LogP contribution >= 0.6 is 11.8 Å². The molecule has 0 aromatic carbocycles. The summed E-state index contributed by atoms with van der Waals surface area (Å²) in [7, 11) is 0. The van der Waals surface area contributed by atoms with E-state index in [4.69, 9.17) is 4.74 Å². The number of thioether (sulfide) groups is 1. The lowest BCUT2D eigenvalue weighted by Crippen LogP contribution is -2.44. The molecule has 3 atom stereocenters. The normalized spacial score (nSPS) is 54.6. The highest BCUT2D eigenvalue weighted by Crippen LogP contribution is 2.74. The lowest BCUT2D eigenvalue weighted by molar-refractivity contribution is -0.0564. The first kappa shape index (κ1) is 9.53. The van der Waals surface area contributed by atoms with Crippen LogP contribution in [0.5, 0.6) is 0 Å². The van der Waals surface area contributed by atoms with Crippen LogP contribution in [0.2, 0.25) is 0 Å². The fraction of sp³-hybridized carbons (Fsp3) is 1.00. The van der Waals surface area contributed by atoms with Crippen LogP contribution in [0.4, 0.5) is 0 Å². The van der Waals surface area contributed by atoms with Gasteiger partial charge in [0, 0.05) is 11.2 Å². The van der Waals surface area contributed by atoms with E-state index in [2.05, 4.69) is 32.5 Å². The Morgan fingerprint density at radius 3 is 2.50 bits per heavy atom. The van der Waals surface area contributed by atoms with Crippen LogP contribution in [0.3, 0.4) is 0 Å². The molecular weight excluding hydrogens is 192 g/mol. The summed E-state index contributed by atoms with van der Waals surface area (Å²) < 4.78 is 6.14. The van der Waals surface area contributed by atoms with E-state index in [0.717, 1.165) is 12.5 Å². The SMILES string of the molecule is CC1(C)C2CCC1(C)C1(C2)OCCS1. The summed E-state index contributed by atoms with van der Waals surface area (Å²) in [6, 6.07) is 0. The summed E-state index contributed by atoms with van der Waals surface area (Å²) in [4.78, 5) is 0.194. The molecule has 1 spiro atoms. The van der Waals surface area contributed by atoms with Gasteiger partial charge in [0.2, 0.25) is 0 Å². The fourth-order valence-corrected chi connectivity index (χ4v) is 5.74. The topological polar surface area (TPSA) is 9.23 Å². The Balaban J connectivity index is 2.06. The zero-order valence-corrected chi connectivity index (χ0v) is 10.2. The van der Waals surface area contributed by atoms with Crippen molar-refractivity contribution in [3.05, 3.63) is 0 Å². The van der Waals surface area contributed by atoms with Crippen molar-refractivity contribution >= 4 is 11.8 Å². The molecule has 80 valence electrons. The average Bonchev–Trinajstić information content (AvgIpc) is 2.70. The molecular formula is C12H20OS. The van der Waals surface area contributed by atoms with Gasteiger partial charge in [-0.05, 0) is 30.6 Å². The first-order chi connectivity index (χ1) is 6.52. The minimum Gasteiger partial charge on any atom is -0.363 e. The zero-order chi connectivity index (χ0) is 10.0. The van der Waals surface area contributed by atoms with Crippen LogP contribution in [-0.4, -0.2) is 17.3 Å². The smallest absolute Gasteiger partial charge is 0.119 e. The Morgan fingerprint density at radius 2 is 2.07 bits per heavy atom. The van der Waals surface area contributed by atoms with Gasteiger partial charge < -0.3 is 4.74 Å². The molecule has 2 heteroatoms. The average molecular weight is 212 g/mol. The third kappa shape index (κ3) is 0.802. The van der Waals surface area contributed by atoms with Crippen LogP contribution in [0.1, 0.15) is 40.0 Å². The molecule has 2 saturated carbocycles. The summed E-state index contributed by atoms with van der Waals surface area (Å²) in [5, 5.41) is 0. The van der Waals surface area contributed by atoms with Crippen molar-refractivity contribution in [2.75, 3.05) is 12.4 Å². The molecule has 1 heterocycles. The Hall–Kier alpha value is 0.310. The van der Waals surface area contributed by atoms with Crippen molar-refractivity contribution in [2.24, 2.45) is 16.7 Å². The van der Waals surface area contributed by atoms with Crippen LogP contribution < -0.4 is 0 Å². The van der Waals surface area contributed by atoms with Crippen molar-refractivity contribution in [1.82, 2.24) is 0 Å². The highest BCUT2D eigenvalue weighted by Gasteiger charge is 2.70. The summed E-state index contributed by atoms with van der Waals surface area (Å²) >= 11 is 2.09. The fourth-order valence-electron chi connectivity index (χ4n) is 4.08. The lowest BCUT2D eigenvalue weighted by Gasteiger charge is -2.45. The molecule has 3 fully saturated rings. The predicted molar refractivity (Wildman–Crippen MR) is 60.4 cm³/mol. The van der Waals surface area contributed by atoms with Gasteiger partial charge in [-0.15, -0.1) is 11.8 Å². The van der Waals surface area contributed by atoms with Gasteiger partial charge in [0.1, 0.15) is 4.93 Å². The van der Waals surface area contributed by atoms with E-state index in [0.29, 0.717) is 10.8 Å². The van der Waals surface area contributed by atoms with Gasteiger partial charge in [-0.3, -0.25) is 0 Å². The zero-order valence-electron chi connectivity index (χ0n) is 9.43. The molecule has 0 N–H and O–H groups in total. The van der Waals surface area contributed by atoms with Crippen LogP contribution in [0, 0.1) is 16.7 Å². The Labute approximate surface area is 91.0 Å². The molecule has 0 amide bonds. The van der Waals surface area contributed by atoms with E-state index < -0.39 is 0 Å². The second kappa shape index (κ2) is 2.52. The van der Waals surface area contributed by atoms with Gasteiger partial charge in [-0.1, -0.05) is 20.8 Å². The number of hydrogen-bond donors (Lipinski definition) is 0. The van der Waals surface area contributed by atoms with E-state index in [1.165, 1.54) is 25.0 Å². The van der Waals surface area contributed by atoms with Gasteiger partial charge >= 0.3 is 0 Å². The maximum Gasteiger partial charge on any atom is 0.119 e. The standard InChI is InChI=1S/C12H20OS/c1-10(2)9-4-5-11(10,3)12(8-9)13-6-7-14-12/h9H,4-8H2,1-3H3. The van der Waals surface area contributed by atoms with E-state index in [1.807, 2.05) is 0 Å². The third-order valence-corrected chi connectivity index (χ3v) is 7.12. The third-order valence-electron chi connectivity index (χ3n) is 5.55. The molecule has 2 aliphatic carbocycles. The van der Waals surface area contributed by atoms with Crippen LogP contribution in [0.15, 0.2) is 0 Å². The second-order valence-corrected chi connectivity index (χ2v) is 7.30. The van der Waals surface area contributed by atoms with Crippen LogP contribution in [0.25, 0.3) is 0 Å². The predicted octanol–water partition coefficient (Wildman–Crippen LogP) is 3.29. The maximum atomic E-state index is 6.14. The van der Waals surface area contributed by atoms with Gasteiger partial charge in [-0.25, -0.2) is 0 Å². The molecule has 0 aromatic heterocycles. The van der Waals surface area contributed by atoms with Crippen molar-refractivity contribution in [1.29, 1.82) is 0 Å². The molecule has 14 heavy (non-hydrogen) atoms. The number of hydrogen-bond acceptors (Lipinski definition) is 2. The van der Waals surface area contributed by atoms with Crippen molar-refractivity contribution in [3.8, 4) is 0 Å². The first-order valence-electron chi connectivity index (χ1n) is 5.80. The number of ether oxygens (including phenoxy) is 1. The second-order valence-electron chi connectivity index (χ2n) is 5.94. The highest BCUT2D eigenvalue weighted by atomic mass is 32.2.